The fraction of sp³-hybridized carbons (Fsp3) is 0.235. The summed E-state index contributed by atoms with van der Waals surface area (Å²) in [6, 6.07) is 6.35. The molecule has 0 saturated carbocycles. The molecule has 0 fully saturated rings. The van der Waals surface area contributed by atoms with E-state index < -0.39 is 6.04 Å². The van der Waals surface area contributed by atoms with Gasteiger partial charge in [-0.25, -0.2) is 0 Å². The van der Waals surface area contributed by atoms with Crippen molar-refractivity contribution >= 4 is 23.5 Å². The maximum atomic E-state index is 12.6. The van der Waals surface area contributed by atoms with Gasteiger partial charge in [-0.15, -0.1) is 0 Å². The van der Waals surface area contributed by atoms with E-state index in [1.165, 1.54) is 11.8 Å². The standard InChI is InChI=1S/C17H16N2O4/c1-11(20)23-8-4-5-12-9-15-16(21)18-14-7-3-2-6-13(14)17(22)19(15)10-12/h2-7,9,15H,8,10H2,1H3,(H,18,21)/b5-4+/t15-/m0/s1. The van der Waals surface area contributed by atoms with Gasteiger partial charge < -0.3 is 15.0 Å². The summed E-state index contributed by atoms with van der Waals surface area (Å²) in [5.74, 6) is -0.759. The fourth-order valence-electron chi connectivity index (χ4n) is 2.67. The van der Waals surface area contributed by atoms with Crippen LogP contribution < -0.4 is 5.32 Å². The SMILES string of the molecule is CC(=O)OC/C=C/C1=C[C@H]2C(=O)Nc3ccccc3C(=O)N2C1. The Labute approximate surface area is 133 Å². The normalized spacial score (nSPS) is 19.8. The number of ether oxygens (including phenoxy) is 1. The van der Waals surface area contributed by atoms with Gasteiger partial charge in [0.25, 0.3) is 11.8 Å². The highest BCUT2D eigenvalue weighted by Crippen LogP contribution is 2.28. The van der Waals surface area contributed by atoms with E-state index in [0.717, 1.165) is 5.57 Å². The van der Waals surface area contributed by atoms with Gasteiger partial charge >= 0.3 is 5.97 Å². The number of hydrogen-bond acceptors (Lipinski definition) is 4. The third-order valence-electron chi connectivity index (χ3n) is 3.72. The van der Waals surface area contributed by atoms with Crippen molar-refractivity contribution < 1.29 is 19.1 Å². The zero-order valence-electron chi connectivity index (χ0n) is 12.6. The molecule has 1 N–H and O–H groups in total. The molecule has 3 rings (SSSR count). The maximum absolute atomic E-state index is 12.6. The van der Waals surface area contributed by atoms with E-state index in [9.17, 15) is 14.4 Å². The number of amides is 2. The van der Waals surface area contributed by atoms with Crippen molar-refractivity contribution in [1.82, 2.24) is 4.90 Å². The van der Waals surface area contributed by atoms with Gasteiger partial charge in [0.05, 0.1) is 11.3 Å². The van der Waals surface area contributed by atoms with Gasteiger partial charge in [-0.1, -0.05) is 18.2 Å². The van der Waals surface area contributed by atoms with Crippen molar-refractivity contribution in [2.75, 3.05) is 18.5 Å². The maximum Gasteiger partial charge on any atom is 0.302 e. The van der Waals surface area contributed by atoms with Gasteiger partial charge in [0.1, 0.15) is 12.6 Å². The zero-order valence-corrected chi connectivity index (χ0v) is 12.6. The number of fused-ring (bicyclic) bond motifs is 2. The van der Waals surface area contributed by atoms with Crippen LogP contribution in [0.4, 0.5) is 5.69 Å². The first-order valence-corrected chi connectivity index (χ1v) is 7.28. The molecule has 0 radical (unpaired) electrons. The van der Waals surface area contributed by atoms with Crippen LogP contribution in [0, 0.1) is 0 Å². The van der Waals surface area contributed by atoms with Gasteiger partial charge in [0.2, 0.25) is 0 Å². The summed E-state index contributed by atoms with van der Waals surface area (Å²) in [7, 11) is 0. The lowest BCUT2D eigenvalue weighted by Gasteiger charge is -2.20. The van der Waals surface area contributed by atoms with Gasteiger partial charge in [0, 0.05) is 13.5 Å². The molecule has 1 atom stereocenters. The molecule has 1 aromatic carbocycles. The van der Waals surface area contributed by atoms with E-state index in [1.54, 1.807) is 42.5 Å². The molecule has 2 amide bonds. The molecule has 23 heavy (non-hydrogen) atoms. The molecule has 0 unspecified atom stereocenters. The molecule has 0 saturated heterocycles. The van der Waals surface area contributed by atoms with Crippen molar-refractivity contribution in [2.24, 2.45) is 0 Å². The first kappa shape index (κ1) is 15.0. The Balaban J connectivity index is 1.78. The molecule has 0 bridgehead atoms. The number of benzene rings is 1. The van der Waals surface area contributed by atoms with Gasteiger partial charge in [-0.2, -0.15) is 0 Å². The first-order valence-electron chi connectivity index (χ1n) is 7.28. The highest BCUT2D eigenvalue weighted by atomic mass is 16.5. The summed E-state index contributed by atoms with van der Waals surface area (Å²) in [6.07, 6.45) is 5.21. The highest BCUT2D eigenvalue weighted by molar-refractivity contribution is 6.11. The van der Waals surface area contributed by atoms with Crippen LogP contribution in [0.15, 0.2) is 48.1 Å². The predicted octanol–water partition coefficient (Wildman–Crippen LogP) is 1.51. The number of anilines is 1. The molecule has 6 heteroatoms. The van der Waals surface area contributed by atoms with E-state index in [1.807, 2.05) is 0 Å². The summed E-state index contributed by atoms with van der Waals surface area (Å²) in [5.41, 5.74) is 1.86. The second-order valence-corrected chi connectivity index (χ2v) is 5.36. The van der Waals surface area contributed by atoms with E-state index in [-0.39, 0.29) is 24.4 Å². The molecule has 6 nitrogen and oxygen atoms in total. The van der Waals surface area contributed by atoms with Crippen LogP contribution in [0.2, 0.25) is 0 Å². The molecule has 0 aliphatic carbocycles. The van der Waals surface area contributed by atoms with E-state index in [0.29, 0.717) is 17.8 Å². The minimum atomic E-state index is -0.622. The minimum Gasteiger partial charge on any atom is -0.462 e. The fourth-order valence-corrected chi connectivity index (χ4v) is 2.67. The lowest BCUT2D eigenvalue weighted by molar-refractivity contribution is -0.139. The lowest BCUT2D eigenvalue weighted by atomic mass is 10.1. The molecule has 118 valence electrons. The Hall–Kier alpha value is -2.89. The Bertz CT molecular complexity index is 736. The third-order valence-corrected chi connectivity index (χ3v) is 3.72. The summed E-state index contributed by atoms with van der Waals surface area (Å²) in [5, 5.41) is 2.79. The third kappa shape index (κ3) is 3.01. The Morgan fingerprint density at radius 1 is 1.39 bits per heavy atom. The lowest BCUT2D eigenvalue weighted by Crippen LogP contribution is -2.40. The zero-order chi connectivity index (χ0) is 16.4. The summed E-state index contributed by atoms with van der Waals surface area (Å²) in [4.78, 5) is 37.2. The Morgan fingerprint density at radius 2 is 2.17 bits per heavy atom. The molecular formula is C17H16N2O4. The number of nitrogens with zero attached hydrogens (tertiary/aromatic N) is 1. The molecular weight excluding hydrogens is 296 g/mol. The second kappa shape index (κ2) is 6.08. The van der Waals surface area contributed by atoms with E-state index in [4.69, 9.17) is 4.74 Å². The summed E-state index contributed by atoms with van der Waals surface area (Å²) < 4.78 is 4.82. The summed E-state index contributed by atoms with van der Waals surface area (Å²) >= 11 is 0. The number of carbonyl (C=O) groups is 3. The molecule has 2 aliphatic rings. The van der Waals surface area contributed by atoms with Crippen LogP contribution in [-0.4, -0.2) is 41.9 Å². The van der Waals surface area contributed by atoms with Crippen molar-refractivity contribution in [3.8, 4) is 0 Å². The van der Waals surface area contributed by atoms with Gasteiger partial charge in [0.15, 0.2) is 0 Å². The van der Waals surface area contributed by atoms with Crippen molar-refractivity contribution in [3.05, 3.63) is 53.6 Å². The number of rotatable bonds is 3. The number of nitrogens with one attached hydrogen (secondary N) is 1. The first-order chi connectivity index (χ1) is 11.1. The molecule has 1 aromatic rings. The van der Waals surface area contributed by atoms with Crippen LogP contribution in [-0.2, 0) is 14.3 Å². The van der Waals surface area contributed by atoms with Crippen LogP contribution in [0.5, 0.6) is 0 Å². The number of carbonyl (C=O) groups excluding carboxylic acids is 3. The smallest absolute Gasteiger partial charge is 0.302 e. The average Bonchev–Trinajstić information content (AvgIpc) is 2.92. The predicted molar refractivity (Wildman–Crippen MR) is 83.8 cm³/mol. The molecule has 0 aromatic heterocycles. The monoisotopic (exact) mass is 312 g/mol. The van der Waals surface area contributed by atoms with Gasteiger partial charge in [-0.05, 0) is 29.9 Å². The Morgan fingerprint density at radius 3 is 2.96 bits per heavy atom. The quantitative estimate of drug-likeness (QED) is 0.858. The topological polar surface area (TPSA) is 75.7 Å². The van der Waals surface area contributed by atoms with Crippen LogP contribution in [0.3, 0.4) is 0 Å². The van der Waals surface area contributed by atoms with Crippen molar-refractivity contribution in [2.45, 2.75) is 13.0 Å². The average molecular weight is 312 g/mol. The summed E-state index contributed by atoms with van der Waals surface area (Å²) in [6.45, 7) is 1.86. The highest BCUT2D eigenvalue weighted by Gasteiger charge is 2.37. The Kier molecular flexibility index (Phi) is 3.97. The largest absolute Gasteiger partial charge is 0.462 e. The second-order valence-electron chi connectivity index (χ2n) is 5.36. The van der Waals surface area contributed by atoms with Crippen molar-refractivity contribution in [3.63, 3.8) is 0 Å². The molecule has 0 spiro atoms. The number of para-hydroxylation sites is 1. The van der Waals surface area contributed by atoms with Crippen LogP contribution in [0.25, 0.3) is 0 Å². The van der Waals surface area contributed by atoms with E-state index in [2.05, 4.69) is 5.32 Å². The van der Waals surface area contributed by atoms with Crippen LogP contribution >= 0.6 is 0 Å². The van der Waals surface area contributed by atoms with E-state index >= 15 is 0 Å². The molecule has 2 heterocycles. The molecule has 2 aliphatic heterocycles. The number of hydrogen-bond donors (Lipinski definition) is 1. The van der Waals surface area contributed by atoms with Crippen molar-refractivity contribution in [1.29, 1.82) is 0 Å². The van der Waals surface area contributed by atoms with Crippen LogP contribution in [0.1, 0.15) is 17.3 Å². The minimum absolute atomic E-state index is 0.167. The van der Waals surface area contributed by atoms with Gasteiger partial charge in [-0.3, -0.25) is 14.4 Å². The number of esters is 1.